The highest BCUT2D eigenvalue weighted by Crippen LogP contribution is 2.27. The molecule has 3 rings (SSSR count). The zero-order valence-corrected chi connectivity index (χ0v) is 17.8. The number of hydrogen-bond acceptors (Lipinski definition) is 6. The quantitative estimate of drug-likeness (QED) is 0.310. The molecular formula is C20H18BrN3O6. The smallest absolute Gasteiger partial charge is 0.340 e. The first-order chi connectivity index (χ1) is 14.3. The van der Waals surface area contributed by atoms with E-state index in [1.54, 1.807) is 25.3 Å². The molecule has 0 aliphatic heterocycles. The molecule has 30 heavy (non-hydrogen) atoms. The number of halogens is 1. The van der Waals surface area contributed by atoms with Crippen LogP contribution in [0.3, 0.4) is 0 Å². The second kappa shape index (κ2) is 8.95. The van der Waals surface area contributed by atoms with Gasteiger partial charge in [-0.2, -0.15) is 0 Å². The minimum atomic E-state index is -0.619. The van der Waals surface area contributed by atoms with Crippen molar-refractivity contribution in [1.29, 1.82) is 0 Å². The van der Waals surface area contributed by atoms with Crippen LogP contribution < -0.4 is 5.32 Å². The van der Waals surface area contributed by atoms with E-state index in [2.05, 4.69) is 21.2 Å². The Hall–Kier alpha value is -3.40. The van der Waals surface area contributed by atoms with Gasteiger partial charge < -0.3 is 19.0 Å². The number of benzene rings is 1. The predicted octanol–water partition coefficient (Wildman–Crippen LogP) is 4.21. The minimum absolute atomic E-state index is 0.115. The zero-order valence-electron chi connectivity index (χ0n) is 16.2. The number of furan rings is 1. The lowest BCUT2D eigenvalue weighted by Crippen LogP contribution is -2.21. The van der Waals surface area contributed by atoms with Gasteiger partial charge in [-0.25, -0.2) is 4.79 Å². The second-order valence-electron chi connectivity index (χ2n) is 6.50. The second-order valence-corrected chi connectivity index (χ2v) is 7.35. The number of nitro benzene ring substituents is 1. The number of aryl methyl sites for hydroxylation is 1. The molecule has 0 fully saturated rings. The number of nitrogens with one attached hydrogen (secondary N) is 1. The van der Waals surface area contributed by atoms with Crippen molar-refractivity contribution in [3.8, 4) is 0 Å². The summed E-state index contributed by atoms with van der Waals surface area (Å²) >= 11 is 3.17. The van der Waals surface area contributed by atoms with E-state index in [0.29, 0.717) is 28.0 Å². The summed E-state index contributed by atoms with van der Waals surface area (Å²) in [5.41, 5.74) is 2.14. The number of hydrogen-bond donors (Lipinski definition) is 1. The fourth-order valence-electron chi connectivity index (χ4n) is 2.92. The molecule has 2 heterocycles. The Labute approximate surface area is 179 Å². The molecule has 156 valence electrons. The van der Waals surface area contributed by atoms with Crippen LogP contribution in [0.5, 0.6) is 0 Å². The van der Waals surface area contributed by atoms with Crippen molar-refractivity contribution in [2.45, 2.75) is 20.4 Å². The maximum atomic E-state index is 12.5. The van der Waals surface area contributed by atoms with E-state index >= 15 is 0 Å². The summed E-state index contributed by atoms with van der Waals surface area (Å²) in [6.45, 7) is 3.64. The van der Waals surface area contributed by atoms with Crippen molar-refractivity contribution < 1.29 is 23.7 Å². The average molecular weight is 476 g/mol. The number of ether oxygens (including phenoxy) is 1. The summed E-state index contributed by atoms with van der Waals surface area (Å²) in [5.74, 6) is -0.432. The average Bonchev–Trinajstić information content (AvgIpc) is 3.31. The highest BCUT2D eigenvalue weighted by Gasteiger charge is 2.19. The number of rotatable bonds is 7. The first-order valence-corrected chi connectivity index (χ1v) is 9.65. The molecule has 3 aromatic rings. The number of non-ortho nitro benzene ring substituents is 1. The van der Waals surface area contributed by atoms with E-state index in [9.17, 15) is 19.7 Å². The van der Waals surface area contributed by atoms with Crippen LogP contribution in [0.25, 0.3) is 0 Å². The van der Waals surface area contributed by atoms with Crippen molar-refractivity contribution >= 4 is 39.2 Å². The standard InChI is InChI=1S/C20H18BrN3O6/c1-12-8-16(13(2)23(12)10-15-4-3-7-29-15)20(26)30-11-19(25)22-18-6-5-14(24(27)28)9-17(18)21/h3-9H,10-11H2,1-2H3,(H,22,25). The van der Waals surface area contributed by atoms with Gasteiger partial charge in [0.1, 0.15) is 5.76 Å². The third-order valence-electron chi connectivity index (χ3n) is 4.46. The van der Waals surface area contributed by atoms with Gasteiger partial charge in [-0.05, 0) is 54.0 Å². The van der Waals surface area contributed by atoms with Crippen molar-refractivity contribution in [2.75, 3.05) is 11.9 Å². The van der Waals surface area contributed by atoms with Crippen LogP contribution in [-0.2, 0) is 16.1 Å². The van der Waals surface area contributed by atoms with Gasteiger partial charge in [0.2, 0.25) is 0 Å². The van der Waals surface area contributed by atoms with Crippen LogP contribution in [0.1, 0.15) is 27.5 Å². The number of amides is 1. The largest absolute Gasteiger partial charge is 0.467 e. The molecule has 0 atom stereocenters. The van der Waals surface area contributed by atoms with Crippen LogP contribution in [0.15, 0.2) is 51.6 Å². The summed E-state index contributed by atoms with van der Waals surface area (Å²) in [6, 6.07) is 9.27. The summed E-state index contributed by atoms with van der Waals surface area (Å²) in [7, 11) is 0. The molecular weight excluding hydrogens is 458 g/mol. The Bertz CT molecular complexity index is 1100. The molecule has 2 aromatic heterocycles. The maximum Gasteiger partial charge on any atom is 0.340 e. The molecule has 1 N–H and O–H groups in total. The molecule has 0 aliphatic rings. The lowest BCUT2D eigenvalue weighted by atomic mass is 10.2. The fraction of sp³-hybridized carbons (Fsp3) is 0.200. The number of carbonyl (C=O) groups excluding carboxylic acids is 2. The normalized spacial score (nSPS) is 10.6. The fourth-order valence-corrected chi connectivity index (χ4v) is 3.39. The first kappa shape index (κ1) is 21.3. The highest BCUT2D eigenvalue weighted by molar-refractivity contribution is 9.10. The number of nitro groups is 1. The molecule has 0 saturated heterocycles. The highest BCUT2D eigenvalue weighted by atomic mass is 79.9. The summed E-state index contributed by atoms with van der Waals surface area (Å²) < 4.78 is 12.8. The van der Waals surface area contributed by atoms with Crippen molar-refractivity contribution in [2.24, 2.45) is 0 Å². The minimum Gasteiger partial charge on any atom is -0.467 e. The van der Waals surface area contributed by atoms with E-state index in [1.165, 1.54) is 18.2 Å². The molecule has 0 radical (unpaired) electrons. The summed E-state index contributed by atoms with van der Waals surface area (Å²) in [4.78, 5) is 34.8. The van der Waals surface area contributed by atoms with Crippen molar-refractivity contribution in [1.82, 2.24) is 4.57 Å². The van der Waals surface area contributed by atoms with Gasteiger partial charge >= 0.3 is 5.97 Å². The lowest BCUT2D eigenvalue weighted by molar-refractivity contribution is -0.384. The van der Waals surface area contributed by atoms with Gasteiger partial charge in [0.05, 0.1) is 29.0 Å². The van der Waals surface area contributed by atoms with Gasteiger partial charge in [-0.3, -0.25) is 14.9 Å². The molecule has 9 nitrogen and oxygen atoms in total. The van der Waals surface area contributed by atoms with Gasteiger partial charge in [0, 0.05) is 28.0 Å². The number of carbonyl (C=O) groups is 2. The van der Waals surface area contributed by atoms with Gasteiger partial charge in [-0.1, -0.05) is 0 Å². The Balaban J connectivity index is 1.62. The predicted molar refractivity (Wildman–Crippen MR) is 111 cm³/mol. The first-order valence-electron chi connectivity index (χ1n) is 8.86. The van der Waals surface area contributed by atoms with Gasteiger partial charge in [0.15, 0.2) is 6.61 Å². The van der Waals surface area contributed by atoms with Crippen LogP contribution in [-0.4, -0.2) is 28.0 Å². The Morgan fingerprint density at radius 1 is 1.27 bits per heavy atom. The van der Waals surface area contributed by atoms with Crippen molar-refractivity contribution in [3.63, 3.8) is 0 Å². The number of aromatic nitrogens is 1. The van der Waals surface area contributed by atoms with E-state index in [-0.39, 0.29) is 5.69 Å². The molecule has 0 bridgehead atoms. The van der Waals surface area contributed by atoms with E-state index in [4.69, 9.17) is 9.15 Å². The molecule has 0 spiro atoms. The van der Waals surface area contributed by atoms with Crippen LogP contribution in [0, 0.1) is 24.0 Å². The molecule has 1 amide bonds. The Morgan fingerprint density at radius 2 is 2.03 bits per heavy atom. The van der Waals surface area contributed by atoms with E-state index < -0.39 is 23.4 Å². The number of anilines is 1. The van der Waals surface area contributed by atoms with Crippen LogP contribution in [0.2, 0.25) is 0 Å². The Kier molecular flexibility index (Phi) is 6.36. The molecule has 0 saturated carbocycles. The summed E-state index contributed by atoms with van der Waals surface area (Å²) in [6.07, 6.45) is 1.58. The molecule has 0 aliphatic carbocycles. The zero-order chi connectivity index (χ0) is 21.8. The van der Waals surface area contributed by atoms with Crippen LogP contribution >= 0.6 is 15.9 Å². The number of esters is 1. The molecule has 0 unspecified atom stereocenters. The molecule has 1 aromatic carbocycles. The van der Waals surface area contributed by atoms with E-state index in [0.717, 1.165) is 11.5 Å². The van der Waals surface area contributed by atoms with Crippen molar-refractivity contribution in [3.05, 3.63) is 80.0 Å². The van der Waals surface area contributed by atoms with Crippen LogP contribution in [0.4, 0.5) is 11.4 Å². The monoisotopic (exact) mass is 475 g/mol. The topological polar surface area (TPSA) is 117 Å². The lowest BCUT2D eigenvalue weighted by Gasteiger charge is -2.09. The van der Waals surface area contributed by atoms with Gasteiger partial charge in [-0.15, -0.1) is 0 Å². The summed E-state index contributed by atoms with van der Waals surface area (Å²) in [5, 5.41) is 13.3. The third kappa shape index (κ3) is 4.77. The maximum absolute atomic E-state index is 12.5. The molecule has 10 heteroatoms. The van der Waals surface area contributed by atoms with E-state index in [1.807, 2.05) is 17.6 Å². The van der Waals surface area contributed by atoms with Gasteiger partial charge in [0.25, 0.3) is 11.6 Å². The SMILES string of the molecule is Cc1cc(C(=O)OCC(=O)Nc2ccc([N+](=O)[O-])cc2Br)c(C)n1Cc1ccco1. The third-order valence-corrected chi connectivity index (χ3v) is 5.12. The number of nitrogens with zero attached hydrogens (tertiary/aromatic N) is 2. The Morgan fingerprint density at radius 3 is 2.67 bits per heavy atom.